The summed E-state index contributed by atoms with van der Waals surface area (Å²) in [6.07, 6.45) is 0. The minimum atomic E-state index is -3.71. The Hall–Kier alpha value is -0.340. The van der Waals surface area contributed by atoms with Gasteiger partial charge >= 0.3 is 28.3 Å². The van der Waals surface area contributed by atoms with E-state index in [1.54, 1.807) is 0 Å². The average molecular weight is 451 g/mol. The molecule has 0 amide bonds. The third-order valence-corrected chi connectivity index (χ3v) is 4.73. The summed E-state index contributed by atoms with van der Waals surface area (Å²) in [5, 5.41) is 64.4. The van der Waals surface area contributed by atoms with Gasteiger partial charge in [-0.25, -0.2) is 0 Å². The topological polar surface area (TPSA) is 201 Å². The number of hydrogen-bond donors (Lipinski definition) is 9. The fraction of sp³-hybridized carbons (Fsp3) is 1.00. The van der Waals surface area contributed by atoms with Crippen LogP contribution in [-0.4, -0.2) is 147 Å². The lowest BCUT2D eigenvalue weighted by molar-refractivity contribution is 0.121. The maximum absolute atomic E-state index is 9.72. The third-order valence-electron chi connectivity index (χ3n) is 4.73. The van der Waals surface area contributed by atoms with Gasteiger partial charge in [0.05, 0.1) is 26.4 Å². The molecule has 180 valence electrons. The Balaban J connectivity index is 1.78. The van der Waals surface area contributed by atoms with Crippen molar-refractivity contribution in [2.75, 3.05) is 78.8 Å². The van der Waals surface area contributed by atoms with E-state index in [1.807, 2.05) is 4.90 Å². The molecule has 0 atom stereocenters. The molecule has 2 saturated heterocycles. The fourth-order valence-corrected chi connectivity index (χ4v) is 3.10. The van der Waals surface area contributed by atoms with E-state index < -0.39 is 28.3 Å². The van der Waals surface area contributed by atoms with Crippen molar-refractivity contribution in [2.24, 2.45) is 0 Å². The number of nitrogens with one attached hydrogen (secondary N) is 3. The van der Waals surface area contributed by atoms with Gasteiger partial charge in [0.1, 0.15) is 0 Å². The predicted molar refractivity (Wildman–Crippen MR) is 112 cm³/mol. The smallest absolute Gasteiger partial charge is 0.545 e. The van der Waals surface area contributed by atoms with E-state index in [0.29, 0.717) is 52.6 Å². The van der Waals surface area contributed by atoms with Gasteiger partial charge in [-0.05, 0) is 26.2 Å². The molecule has 0 bridgehead atoms. The minimum absolute atomic E-state index is 0.0610. The molecular formula is C12H33B4N5O10-2. The van der Waals surface area contributed by atoms with E-state index in [-0.39, 0.29) is 26.2 Å². The highest BCUT2D eigenvalue weighted by atomic mass is 16.7. The molecule has 2 rings (SSSR count). The zero-order valence-electron chi connectivity index (χ0n) is 17.5. The summed E-state index contributed by atoms with van der Waals surface area (Å²) in [5.41, 5.74) is 0. The van der Waals surface area contributed by atoms with Gasteiger partial charge < -0.3 is 69.3 Å². The van der Waals surface area contributed by atoms with Crippen LogP contribution in [0.15, 0.2) is 0 Å². The van der Waals surface area contributed by atoms with Gasteiger partial charge in [0.25, 0.3) is 0 Å². The molecule has 9 N–H and O–H groups in total. The van der Waals surface area contributed by atoms with Crippen LogP contribution in [-0.2, 0) is 18.6 Å². The van der Waals surface area contributed by atoms with Crippen molar-refractivity contribution >= 4 is 28.3 Å². The first-order valence-electron chi connectivity index (χ1n) is 10.4. The Morgan fingerprint density at radius 1 is 0.645 bits per heavy atom. The second-order valence-electron chi connectivity index (χ2n) is 7.31. The summed E-state index contributed by atoms with van der Waals surface area (Å²) in [4.78, 5) is 2.97. The van der Waals surface area contributed by atoms with Gasteiger partial charge in [0, 0.05) is 26.2 Å². The van der Waals surface area contributed by atoms with Crippen molar-refractivity contribution in [2.45, 2.75) is 0 Å². The van der Waals surface area contributed by atoms with E-state index in [1.165, 1.54) is 0 Å². The molecule has 2 aliphatic heterocycles. The maximum Gasteiger partial charge on any atom is 0.554 e. The Bertz CT molecular complexity index is 493. The Labute approximate surface area is 182 Å². The van der Waals surface area contributed by atoms with E-state index in [2.05, 4.69) is 15.7 Å². The second-order valence-corrected chi connectivity index (χ2v) is 7.31. The molecule has 15 nitrogen and oxygen atoms in total. The van der Waals surface area contributed by atoms with Gasteiger partial charge in [-0.1, -0.05) is 0 Å². The first-order chi connectivity index (χ1) is 14.6. The quantitative estimate of drug-likeness (QED) is 0.100. The molecule has 0 unspecified atom stereocenters. The number of rotatable bonds is 16. The van der Waals surface area contributed by atoms with Crippen LogP contribution in [0, 0.1) is 0 Å². The zero-order chi connectivity index (χ0) is 22.7. The summed E-state index contributed by atoms with van der Waals surface area (Å²) in [5.74, 6) is 0. The van der Waals surface area contributed by atoms with Crippen molar-refractivity contribution in [3.63, 3.8) is 0 Å². The van der Waals surface area contributed by atoms with Crippen molar-refractivity contribution in [3.05, 3.63) is 0 Å². The van der Waals surface area contributed by atoms with E-state index in [0.717, 1.165) is 4.81 Å². The molecule has 0 saturated carbocycles. The van der Waals surface area contributed by atoms with Crippen molar-refractivity contribution in [1.82, 2.24) is 25.4 Å². The van der Waals surface area contributed by atoms with E-state index >= 15 is 0 Å². The molecule has 2 fully saturated rings. The second kappa shape index (κ2) is 13.4. The lowest BCUT2D eigenvalue weighted by Gasteiger charge is -2.39. The summed E-state index contributed by atoms with van der Waals surface area (Å²) < 4.78 is 21.1. The molecule has 19 heteroatoms. The number of nitrogens with zero attached hydrogens (tertiary/aromatic N) is 2. The van der Waals surface area contributed by atoms with E-state index in [4.69, 9.17) is 33.7 Å². The third kappa shape index (κ3) is 11.9. The Morgan fingerprint density at radius 3 is 1.61 bits per heavy atom. The fourth-order valence-electron chi connectivity index (χ4n) is 3.10. The largest absolute Gasteiger partial charge is 0.554 e. The molecule has 2 heterocycles. The summed E-state index contributed by atoms with van der Waals surface area (Å²) >= 11 is 0. The molecular weight excluding hydrogens is 417 g/mol. The normalized spacial score (nSPS) is 18.2. The molecule has 0 aliphatic carbocycles. The van der Waals surface area contributed by atoms with Gasteiger partial charge in [0.2, 0.25) is 0 Å². The molecule has 31 heavy (non-hydrogen) atoms. The van der Waals surface area contributed by atoms with Gasteiger partial charge in [-0.15, -0.1) is 0 Å². The van der Waals surface area contributed by atoms with Gasteiger partial charge in [0.15, 0.2) is 0 Å². The highest BCUT2D eigenvalue weighted by Gasteiger charge is 2.28. The summed E-state index contributed by atoms with van der Waals surface area (Å²) in [7, 11) is -1.06. The van der Waals surface area contributed by atoms with E-state index in [9.17, 15) is 15.1 Å². The van der Waals surface area contributed by atoms with Crippen LogP contribution < -0.4 is 15.7 Å². The Kier molecular flexibility index (Phi) is 11.6. The maximum atomic E-state index is 9.72. The van der Waals surface area contributed by atoms with Crippen molar-refractivity contribution in [1.29, 1.82) is 0 Å². The van der Waals surface area contributed by atoms with Crippen LogP contribution in [0.4, 0.5) is 0 Å². The number of hydrogen-bond acceptors (Lipinski definition) is 15. The highest BCUT2D eigenvalue weighted by molar-refractivity contribution is 6.53. The first-order valence-corrected chi connectivity index (χ1v) is 10.4. The molecule has 0 aromatic heterocycles. The van der Waals surface area contributed by atoms with Crippen molar-refractivity contribution < 1.29 is 48.8 Å². The SMILES string of the molecule is O[B-](O)(O)NCCN(CCNB1OCCO1)CCN(CCNB1OCCO1)[B-](O)(O)O. The van der Waals surface area contributed by atoms with Crippen LogP contribution in [0.2, 0.25) is 0 Å². The standard InChI is InChI=1S/C12H33B4N5O10/c22-15(23,24)19-3-5-20(4-1-17-13-28-9-10-29-13)7-8-21(16(25,26)27)6-2-18-14-30-11-12-31-14/h17-19,22-27H,1-12H2/q-2. The van der Waals surface area contributed by atoms with Crippen LogP contribution in [0.5, 0.6) is 0 Å². The van der Waals surface area contributed by atoms with Gasteiger partial charge in [-0.3, -0.25) is 4.90 Å². The monoisotopic (exact) mass is 451 g/mol. The van der Waals surface area contributed by atoms with Crippen LogP contribution >= 0.6 is 0 Å². The van der Waals surface area contributed by atoms with Crippen LogP contribution in [0.25, 0.3) is 0 Å². The highest BCUT2D eigenvalue weighted by Crippen LogP contribution is 2.02. The minimum Gasteiger partial charge on any atom is -0.545 e. The molecule has 0 aromatic carbocycles. The van der Waals surface area contributed by atoms with Crippen molar-refractivity contribution in [3.8, 4) is 0 Å². The molecule has 2 aliphatic rings. The molecule has 0 radical (unpaired) electrons. The predicted octanol–water partition coefficient (Wildman–Crippen LogP) is -6.75. The summed E-state index contributed by atoms with van der Waals surface area (Å²) in [6, 6.07) is 0. The Morgan fingerprint density at radius 2 is 1.13 bits per heavy atom. The van der Waals surface area contributed by atoms with Crippen LogP contribution in [0.3, 0.4) is 0 Å². The lowest BCUT2D eigenvalue weighted by Crippen LogP contribution is -2.59. The average Bonchev–Trinajstić information content (AvgIpc) is 3.35. The van der Waals surface area contributed by atoms with Crippen LogP contribution in [0.1, 0.15) is 0 Å². The first kappa shape index (κ1) is 26.9. The molecule has 0 aromatic rings. The molecule has 0 spiro atoms. The zero-order valence-corrected chi connectivity index (χ0v) is 17.5. The van der Waals surface area contributed by atoms with Gasteiger partial charge in [-0.2, -0.15) is 0 Å². The lowest BCUT2D eigenvalue weighted by atomic mass is 9.95. The summed E-state index contributed by atoms with van der Waals surface area (Å²) in [6.45, 7) is -3.25.